The van der Waals surface area contributed by atoms with Gasteiger partial charge in [0.1, 0.15) is 23.5 Å². The predicted molar refractivity (Wildman–Crippen MR) is 141 cm³/mol. The number of rotatable bonds is 3. The third-order valence-corrected chi connectivity index (χ3v) is 7.42. The highest BCUT2D eigenvalue weighted by molar-refractivity contribution is 9.10. The van der Waals surface area contributed by atoms with E-state index in [4.69, 9.17) is 9.15 Å². The number of fused-ring (bicyclic) bond motifs is 7. The van der Waals surface area contributed by atoms with Gasteiger partial charge in [0.25, 0.3) is 0 Å². The molecule has 6 aromatic rings. The fourth-order valence-electron chi connectivity index (χ4n) is 4.71. The Balaban J connectivity index is 1.60. The third-order valence-electron chi connectivity index (χ3n) is 6.65. The van der Waals surface area contributed by atoms with E-state index in [9.17, 15) is 4.79 Å². The number of halogens is 1. The van der Waals surface area contributed by atoms with E-state index in [1.165, 1.54) is 0 Å². The molecule has 0 atom stereocenters. The van der Waals surface area contributed by atoms with E-state index in [1.54, 1.807) is 0 Å². The maximum Gasteiger partial charge on any atom is 0.361 e. The molecule has 0 bridgehead atoms. The second-order valence-corrected chi connectivity index (χ2v) is 9.67. The van der Waals surface area contributed by atoms with Gasteiger partial charge in [0, 0.05) is 22.4 Å². The van der Waals surface area contributed by atoms with Crippen molar-refractivity contribution in [3.05, 3.63) is 104 Å². The number of hydrogen-bond donors (Lipinski definition) is 0. The van der Waals surface area contributed by atoms with Gasteiger partial charge in [-0.05, 0) is 94.7 Å². The Bertz CT molecular complexity index is 1810. The minimum atomic E-state index is -0.342. The lowest BCUT2D eigenvalue weighted by atomic mass is 10.0. The van der Waals surface area contributed by atoms with Crippen molar-refractivity contribution >= 4 is 54.1 Å². The van der Waals surface area contributed by atoms with Gasteiger partial charge in [0.15, 0.2) is 0 Å². The Morgan fingerprint density at radius 2 is 1.62 bits per heavy atom. The van der Waals surface area contributed by atoms with E-state index in [1.807, 2.05) is 47.9 Å². The summed E-state index contributed by atoms with van der Waals surface area (Å²) in [6.07, 6.45) is 1.94. The molecule has 0 saturated heterocycles. The van der Waals surface area contributed by atoms with Crippen LogP contribution >= 0.6 is 15.9 Å². The zero-order valence-electron chi connectivity index (χ0n) is 19.1. The van der Waals surface area contributed by atoms with Crippen LogP contribution in [0.2, 0.25) is 0 Å². The predicted octanol–water partition coefficient (Wildman–Crippen LogP) is 7.62. The number of aryl methyl sites for hydroxylation is 3. The van der Waals surface area contributed by atoms with Crippen molar-refractivity contribution in [1.82, 2.24) is 4.40 Å². The van der Waals surface area contributed by atoms with Crippen LogP contribution in [0.25, 0.3) is 38.2 Å². The number of aromatic nitrogens is 1. The molecule has 0 aliphatic rings. The van der Waals surface area contributed by atoms with Crippen molar-refractivity contribution < 1.29 is 9.15 Å². The lowest BCUT2D eigenvalue weighted by Crippen LogP contribution is -2.03. The average molecular weight is 512 g/mol. The van der Waals surface area contributed by atoms with Crippen LogP contribution < -0.4 is 10.4 Å². The largest absolute Gasteiger partial charge is 0.489 e. The summed E-state index contributed by atoms with van der Waals surface area (Å²) in [5, 5.41) is 3.90. The maximum atomic E-state index is 13.1. The van der Waals surface area contributed by atoms with Crippen molar-refractivity contribution in [3.63, 3.8) is 0 Å². The standard InChI is InChI=1S/C29H22BrNO3/c1-16-11-22-24(13-17(16)2)34-29(32)28-25(22)26(30)27-21-12-18(3)23(14-20(21)9-10-31(27)28)33-15-19-7-5-4-6-8-19/h4-14H,15H2,1-3H3. The zero-order chi connectivity index (χ0) is 23.6. The number of pyridine rings is 1. The molecule has 168 valence electrons. The van der Waals surface area contributed by atoms with Crippen molar-refractivity contribution in [3.8, 4) is 5.75 Å². The highest BCUT2D eigenvalue weighted by Gasteiger charge is 2.20. The normalized spacial score (nSPS) is 11.8. The number of ether oxygens (including phenoxy) is 1. The van der Waals surface area contributed by atoms with Crippen LogP contribution in [0.1, 0.15) is 22.3 Å². The molecule has 0 saturated carbocycles. The quantitative estimate of drug-likeness (QED) is 0.229. The van der Waals surface area contributed by atoms with Crippen LogP contribution in [0.3, 0.4) is 0 Å². The van der Waals surface area contributed by atoms with Gasteiger partial charge in [-0.25, -0.2) is 4.79 Å². The van der Waals surface area contributed by atoms with Gasteiger partial charge in [-0.2, -0.15) is 0 Å². The molecule has 5 heteroatoms. The summed E-state index contributed by atoms with van der Waals surface area (Å²) in [6, 6.07) is 20.4. The average Bonchev–Trinajstić information content (AvgIpc) is 3.13. The van der Waals surface area contributed by atoms with E-state index in [2.05, 4.69) is 60.1 Å². The lowest BCUT2D eigenvalue weighted by Gasteiger charge is -2.12. The highest BCUT2D eigenvalue weighted by atomic mass is 79.9. The fraction of sp³-hybridized carbons (Fsp3) is 0.138. The first-order valence-electron chi connectivity index (χ1n) is 11.2. The molecular formula is C29H22BrNO3. The molecule has 0 radical (unpaired) electrons. The van der Waals surface area contributed by atoms with Crippen molar-refractivity contribution in [2.75, 3.05) is 0 Å². The Kier molecular flexibility index (Phi) is 4.78. The summed E-state index contributed by atoms with van der Waals surface area (Å²) in [7, 11) is 0. The van der Waals surface area contributed by atoms with Gasteiger partial charge in [0.05, 0.1) is 9.99 Å². The molecule has 34 heavy (non-hydrogen) atoms. The SMILES string of the molecule is Cc1cc2oc(=O)c3c(c(Br)c4c5cc(C)c(OCc6ccccc6)cc5ccn43)c2cc1C. The van der Waals surface area contributed by atoms with Gasteiger partial charge < -0.3 is 13.6 Å². The van der Waals surface area contributed by atoms with Crippen LogP contribution in [0, 0.1) is 20.8 Å². The molecule has 0 aliphatic heterocycles. The lowest BCUT2D eigenvalue weighted by molar-refractivity contribution is 0.304. The van der Waals surface area contributed by atoms with E-state index >= 15 is 0 Å². The van der Waals surface area contributed by atoms with Gasteiger partial charge in [-0.3, -0.25) is 0 Å². The summed E-state index contributed by atoms with van der Waals surface area (Å²) >= 11 is 3.84. The summed E-state index contributed by atoms with van der Waals surface area (Å²) in [5.41, 5.74) is 6.17. The molecule has 0 N–H and O–H groups in total. The van der Waals surface area contributed by atoms with E-state index in [0.717, 1.165) is 59.5 Å². The minimum Gasteiger partial charge on any atom is -0.489 e. The van der Waals surface area contributed by atoms with Crippen LogP contribution in [-0.2, 0) is 6.61 Å². The number of benzene rings is 3. The van der Waals surface area contributed by atoms with Crippen LogP contribution in [0.15, 0.2) is 80.5 Å². The van der Waals surface area contributed by atoms with E-state index in [-0.39, 0.29) is 5.63 Å². The van der Waals surface area contributed by atoms with Crippen LogP contribution in [-0.4, -0.2) is 4.40 Å². The van der Waals surface area contributed by atoms with Gasteiger partial charge in [-0.15, -0.1) is 0 Å². The molecular weight excluding hydrogens is 490 g/mol. The smallest absolute Gasteiger partial charge is 0.361 e. The fourth-order valence-corrected chi connectivity index (χ4v) is 5.52. The summed E-state index contributed by atoms with van der Waals surface area (Å²) in [6.45, 7) is 6.67. The summed E-state index contributed by atoms with van der Waals surface area (Å²) in [5.74, 6) is 0.851. The Labute approximate surface area is 204 Å². The van der Waals surface area contributed by atoms with Gasteiger partial charge in [-0.1, -0.05) is 30.3 Å². The first-order chi connectivity index (χ1) is 16.4. The Morgan fingerprint density at radius 1 is 0.882 bits per heavy atom. The van der Waals surface area contributed by atoms with Crippen molar-refractivity contribution in [1.29, 1.82) is 0 Å². The van der Waals surface area contributed by atoms with Crippen molar-refractivity contribution in [2.24, 2.45) is 0 Å². The summed E-state index contributed by atoms with van der Waals surface area (Å²) in [4.78, 5) is 13.1. The van der Waals surface area contributed by atoms with Crippen LogP contribution in [0.5, 0.6) is 5.75 Å². The molecule has 0 spiro atoms. The first-order valence-corrected chi connectivity index (χ1v) is 12.0. The zero-order valence-corrected chi connectivity index (χ0v) is 20.7. The molecule has 0 aliphatic carbocycles. The van der Waals surface area contributed by atoms with E-state index < -0.39 is 0 Å². The molecule has 3 heterocycles. The second-order valence-electron chi connectivity index (χ2n) is 8.87. The molecule has 3 aromatic heterocycles. The number of hydrogen-bond acceptors (Lipinski definition) is 3. The highest BCUT2D eigenvalue weighted by Crippen LogP contribution is 2.40. The molecule has 0 unspecified atom stereocenters. The number of nitrogens with zero attached hydrogens (tertiary/aromatic N) is 1. The minimum absolute atomic E-state index is 0.342. The molecule has 6 rings (SSSR count). The molecule has 0 amide bonds. The summed E-state index contributed by atoms with van der Waals surface area (Å²) < 4.78 is 14.7. The Hall–Kier alpha value is -3.57. The second kappa shape index (κ2) is 7.74. The van der Waals surface area contributed by atoms with Crippen molar-refractivity contribution in [2.45, 2.75) is 27.4 Å². The Morgan fingerprint density at radius 3 is 2.41 bits per heavy atom. The molecule has 4 nitrogen and oxygen atoms in total. The van der Waals surface area contributed by atoms with Gasteiger partial charge in [0.2, 0.25) is 0 Å². The maximum absolute atomic E-state index is 13.1. The van der Waals surface area contributed by atoms with Gasteiger partial charge >= 0.3 is 5.63 Å². The molecule has 0 fully saturated rings. The third kappa shape index (κ3) is 3.15. The van der Waals surface area contributed by atoms with Crippen LogP contribution in [0.4, 0.5) is 0 Å². The van der Waals surface area contributed by atoms with E-state index in [0.29, 0.717) is 17.7 Å². The monoisotopic (exact) mass is 511 g/mol. The topological polar surface area (TPSA) is 43.8 Å². The molecule has 3 aromatic carbocycles. The first kappa shape index (κ1) is 21.0.